The van der Waals surface area contributed by atoms with Crippen LogP contribution in [0.25, 0.3) is 11.3 Å². The Labute approximate surface area is 240 Å². The molecule has 4 rings (SSSR count). The van der Waals surface area contributed by atoms with Gasteiger partial charge in [-0.25, -0.2) is 14.4 Å². The lowest BCUT2D eigenvalue weighted by molar-refractivity contribution is -0.136. The summed E-state index contributed by atoms with van der Waals surface area (Å²) in [5.41, 5.74) is 4.25. The van der Waals surface area contributed by atoms with Gasteiger partial charge in [0.25, 0.3) is 0 Å². The molecule has 0 spiro atoms. The predicted molar refractivity (Wildman–Crippen MR) is 150 cm³/mol. The molecule has 42 heavy (non-hydrogen) atoms. The lowest BCUT2D eigenvalue weighted by Crippen LogP contribution is -2.45. The molecule has 1 aliphatic rings. The van der Waals surface area contributed by atoms with E-state index < -0.39 is 30.2 Å². The minimum absolute atomic E-state index is 0.108. The molecule has 0 saturated carbocycles. The molecule has 0 fully saturated rings. The minimum Gasteiger partial charge on any atom is -0.490 e. The molecule has 2 atom stereocenters. The van der Waals surface area contributed by atoms with E-state index in [0.29, 0.717) is 46.5 Å². The van der Waals surface area contributed by atoms with Crippen molar-refractivity contribution in [3.8, 4) is 22.8 Å². The maximum absolute atomic E-state index is 12.4. The molecule has 220 valence electrons. The number of hydrazone groups is 1. The number of rotatable bonds is 12. The molecule has 2 aromatic carbocycles. The number of methoxy groups -OCH3 is 1. The highest BCUT2D eigenvalue weighted by molar-refractivity contribution is 5.96. The SMILES string of the molecule is CCOc1cc([C@H]2NC(=O)NC(C)=C2C(=O)OC)ccc1OC[C@@H](O)N/N=C\c1ccc(-c2ccccc2C(=O)O)o1. The fraction of sp³-hybridized carbons (Fsp3) is 0.241. The Morgan fingerprint density at radius 2 is 1.93 bits per heavy atom. The molecular weight excluding hydrogens is 548 g/mol. The van der Waals surface area contributed by atoms with Crippen LogP contribution in [0.15, 0.2) is 75.4 Å². The van der Waals surface area contributed by atoms with Crippen LogP contribution in [0.1, 0.15) is 41.6 Å². The van der Waals surface area contributed by atoms with E-state index in [2.05, 4.69) is 21.2 Å². The third-order valence-corrected chi connectivity index (χ3v) is 6.14. The lowest BCUT2D eigenvalue weighted by Gasteiger charge is -2.28. The predicted octanol–water partition coefficient (Wildman–Crippen LogP) is 3.17. The topological polar surface area (TPSA) is 181 Å². The second-order valence-electron chi connectivity index (χ2n) is 8.97. The van der Waals surface area contributed by atoms with Gasteiger partial charge in [0.05, 0.1) is 37.1 Å². The van der Waals surface area contributed by atoms with Crippen LogP contribution >= 0.6 is 0 Å². The Morgan fingerprint density at radius 3 is 2.67 bits per heavy atom. The molecule has 1 aromatic heterocycles. The van der Waals surface area contributed by atoms with Crippen molar-refractivity contribution in [3.05, 3.63) is 82.8 Å². The number of amides is 2. The van der Waals surface area contributed by atoms with Gasteiger partial charge >= 0.3 is 18.0 Å². The Hall–Kier alpha value is -5.30. The average molecular weight is 579 g/mol. The Kier molecular flexibility index (Phi) is 9.45. The molecule has 1 aliphatic heterocycles. The van der Waals surface area contributed by atoms with E-state index in [-0.39, 0.29) is 17.7 Å². The number of allylic oxidation sites excluding steroid dienone is 1. The standard InChI is InChI=1S/C29H30N4O9/c1-4-40-23-13-17(26-25(28(37)39-3)16(2)31-29(38)32-26)9-11-22(23)41-15-24(34)33-30-14-18-10-12-21(42-18)19-7-5-6-8-20(19)27(35)36/h5-14,24,26,33-34H,4,15H2,1-3H3,(H,35,36)(H2,31,32,38)/b30-14-/t24-,26-/m1/s1. The summed E-state index contributed by atoms with van der Waals surface area (Å²) in [5, 5.41) is 29.0. The summed E-state index contributed by atoms with van der Waals surface area (Å²) in [6.07, 6.45) is 0.121. The van der Waals surface area contributed by atoms with Gasteiger partial charge in [-0.1, -0.05) is 24.3 Å². The fourth-order valence-corrected chi connectivity index (χ4v) is 4.26. The number of esters is 1. The van der Waals surface area contributed by atoms with E-state index in [1.165, 1.54) is 19.4 Å². The van der Waals surface area contributed by atoms with E-state index in [1.807, 2.05) is 0 Å². The number of carbonyl (C=O) groups is 3. The third kappa shape index (κ3) is 6.88. The molecule has 2 amide bonds. The fourth-order valence-electron chi connectivity index (χ4n) is 4.26. The van der Waals surface area contributed by atoms with Gasteiger partial charge < -0.3 is 39.5 Å². The zero-order chi connectivity index (χ0) is 30.2. The van der Waals surface area contributed by atoms with Gasteiger partial charge in [-0.15, -0.1) is 0 Å². The summed E-state index contributed by atoms with van der Waals surface area (Å²) in [6, 6.07) is 13.4. The molecule has 5 N–H and O–H groups in total. The summed E-state index contributed by atoms with van der Waals surface area (Å²) < 4.78 is 22.0. The van der Waals surface area contributed by atoms with Gasteiger partial charge in [-0.3, -0.25) is 5.43 Å². The largest absolute Gasteiger partial charge is 0.490 e. The van der Waals surface area contributed by atoms with Crippen molar-refractivity contribution < 1.29 is 43.2 Å². The van der Waals surface area contributed by atoms with Crippen LogP contribution in [-0.2, 0) is 9.53 Å². The van der Waals surface area contributed by atoms with Crippen molar-refractivity contribution in [2.75, 3.05) is 20.3 Å². The van der Waals surface area contributed by atoms with Crippen LogP contribution in [0.2, 0.25) is 0 Å². The van der Waals surface area contributed by atoms with Crippen molar-refractivity contribution in [2.45, 2.75) is 26.1 Å². The number of nitrogens with one attached hydrogen (secondary N) is 3. The van der Waals surface area contributed by atoms with Gasteiger partial charge in [0.2, 0.25) is 0 Å². The number of hydrogen-bond acceptors (Lipinski definition) is 10. The molecule has 13 heteroatoms. The highest BCUT2D eigenvalue weighted by Crippen LogP contribution is 2.35. The number of carboxylic acids is 1. The monoisotopic (exact) mass is 578 g/mol. The number of aliphatic hydroxyl groups excluding tert-OH is 1. The molecule has 0 bridgehead atoms. The van der Waals surface area contributed by atoms with Crippen molar-refractivity contribution in [2.24, 2.45) is 5.10 Å². The summed E-state index contributed by atoms with van der Waals surface area (Å²) in [4.78, 5) is 36.0. The van der Waals surface area contributed by atoms with Gasteiger partial charge in [0.15, 0.2) is 17.7 Å². The van der Waals surface area contributed by atoms with Crippen molar-refractivity contribution >= 4 is 24.2 Å². The summed E-state index contributed by atoms with van der Waals surface area (Å²) in [6.45, 7) is 3.50. The van der Waals surface area contributed by atoms with E-state index in [9.17, 15) is 24.6 Å². The maximum Gasteiger partial charge on any atom is 0.337 e. The average Bonchev–Trinajstić information content (AvgIpc) is 3.44. The second kappa shape index (κ2) is 13.4. The van der Waals surface area contributed by atoms with Crippen LogP contribution < -0.4 is 25.5 Å². The van der Waals surface area contributed by atoms with Crippen LogP contribution in [0, 0.1) is 0 Å². The Balaban J connectivity index is 1.40. The smallest absolute Gasteiger partial charge is 0.337 e. The number of urea groups is 1. The van der Waals surface area contributed by atoms with Gasteiger partial charge in [-0.2, -0.15) is 5.10 Å². The minimum atomic E-state index is -1.21. The van der Waals surface area contributed by atoms with Gasteiger partial charge in [-0.05, 0) is 49.7 Å². The first-order valence-corrected chi connectivity index (χ1v) is 12.9. The number of aromatic carboxylic acids is 1. The Morgan fingerprint density at radius 1 is 1.14 bits per heavy atom. The lowest BCUT2D eigenvalue weighted by atomic mass is 9.95. The quantitative estimate of drug-likeness (QED) is 0.0927. The number of aliphatic hydroxyl groups is 1. The highest BCUT2D eigenvalue weighted by Gasteiger charge is 2.32. The molecule has 0 radical (unpaired) electrons. The highest BCUT2D eigenvalue weighted by atomic mass is 16.5. The summed E-state index contributed by atoms with van der Waals surface area (Å²) >= 11 is 0. The first-order chi connectivity index (χ1) is 20.2. The zero-order valence-electron chi connectivity index (χ0n) is 23.0. The first-order valence-electron chi connectivity index (χ1n) is 12.9. The van der Waals surface area contributed by atoms with Crippen molar-refractivity contribution in [1.82, 2.24) is 16.1 Å². The molecule has 0 unspecified atom stereocenters. The maximum atomic E-state index is 12.4. The molecule has 0 saturated heterocycles. The molecule has 3 aromatic rings. The van der Waals surface area contributed by atoms with Gasteiger partial charge in [0, 0.05) is 11.3 Å². The van der Waals surface area contributed by atoms with E-state index in [4.69, 9.17) is 18.6 Å². The number of carboxylic acid groups (broad SMARTS) is 1. The van der Waals surface area contributed by atoms with Crippen molar-refractivity contribution in [1.29, 1.82) is 0 Å². The zero-order valence-corrected chi connectivity index (χ0v) is 23.0. The molecule has 13 nitrogen and oxygen atoms in total. The van der Waals surface area contributed by atoms with E-state index in [1.54, 1.807) is 62.4 Å². The number of furan rings is 1. The molecule has 2 heterocycles. The number of benzene rings is 2. The third-order valence-electron chi connectivity index (χ3n) is 6.14. The summed E-state index contributed by atoms with van der Waals surface area (Å²) in [7, 11) is 1.26. The van der Waals surface area contributed by atoms with Crippen LogP contribution in [-0.4, -0.2) is 60.9 Å². The summed E-state index contributed by atoms with van der Waals surface area (Å²) in [5.74, 6) is -0.308. The van der Waals surface area contributed by atoms with E-state index in [0.717, 1.165) is 0 Å². The van der Waals surface area contributed by atoms with Crippen molar-refractivity contribution in [3.63, 3.8) is 0 Å². The second-order valence-corrected chi connectivity index (χ2v) is 8.97. The number of carbonyl (C=O) groups excluding carboxylic acids is 2. The van der Waals surface area contributed by atoms with Crippen LogP contribution in [0.5, 0.6) is 11.5 Å². The normalized spacial score (nSPS) is 15.5. The number of hydrogen-bond donors (Lipinski definition) is 5. The first kappa shape index (κ1) is 29.7. The van der Waals surface area contributed by atoms with E-state index >= 15 is 0 Å². The van der Waals surface area contributed by atoms with Gasteiger partial charge in [0.1, 0.15) is 18.1 Å². The number of nitrogens with zero attached hydrogens (tertiary/aromatic N) is 1. The molecular formula is C29H30N4O9. The van der Waals surface area contributed by atoms with Crippen LogP contribution in [0.3, 0.4) is 0 Å². The number of ether oxygens (including phenoxy) is 3. The molecule has 0 aliphatic carbocycles. The van der Waals surface area contributed by atoms with Crippen LogP contribution in [0.4, 0.5) is 4.79 Å². The Bertz CT molecular complexity index is 1530.